The van der Waals surface area contributed by atoms with Gasteiger partial charge in [0, 0.05) is 12.8 Å². The van der Waals surface area contributed by atoms with Crippen LogP contribution in [0, 0.1) is 5.92 Å². The van der Waals surface area contributed by atoms with Gasteiger partial charge in [-0.2, -0.15) is 0 Å². The van der Waals surface area contributed by atoms with Gasteiger partial charge in [-0.3, -0.25) is 0 Å². The van der Waals surface area contributed by atoms with Gasteiger partial charge in [0.2, 0.25) is 0 Å². The van der Waals surface area contributed by atoms with Gasteiger partial charge >= 0.3 is 0 Å². The normalized spacial score (nSPS) is 23.9. The second kappa shape index (κ2) is 2.29. The number of hydrogen-bond donors (Lipinski definition) is 0. The third-order valence-corrected chi connectivity index (χ3v) is 1.88. The molecule has 46 valence electrons. The summed E-state index contributed by atoms with van der Waals surface area (Å²) in [7, 11) is 0. The van der Waals surface area contributed by atoms with E-state index in [1.807, 2.05) is 0 Å². The molecule has 1 heterocycles. The van der Waals surface area contributed by atoms with Gasteiger partial charge in [0.1, 0.15) is 19.8 Å². The highest BCUT2D eigenvalue weighted by Gasteiger charge is 2.14. The first-order valence-electron chi connectivity index (χ1n) is 3.34. The van der Waals surface area contributed by atoms with E-state index in [2.05, 4.69) is 18.2 Å². The monoisotopic (exact) mass is 112 g/mol. The van der Waals surface area contributed by atoms with E-state index in [0.717, 1.165) is 5.92 Å². The summed E-state index contributed by atoms with van der Waals surface area (Å²) in [5.41, 5.74) is 0. The first-order valence-corrected chi connectivity index (χ1v) is 3.34. The van der Waals surface area contributed by atoms with Crippen molar-refractivity contribution in [3.05, 3.63) is 0 Å². The second-order valence-electron chi connectivity index (χ2n) is 2.80. The molecule has 1 nitrogen and oxygen atoms in total. The average molecular weight is 112 g/mol. The van der Waals surface area contributed by atoms with Crippen LogP contribution in [0.4, 0.5) is 0 Å². The third kappa shape index (κ3) is 1.32. The number of rotatable bonds is 0. The van der Waals surface area contributed by atoms with Crippen LogP contribution in [0.5, 0.6) is 0 Å². The summed E-state index contributed by atoms with van der Waals surface area (Å²) in [4.78, 5) is 0. The van der Waals surface area contributed by atoms with Gasteiger partial charge in [-0.25, -0.2) is 4.58 Å². The Kier molecular flexibility index (Phi) is 1.66. The SMILES string of the molecule is C=[N+]1CCC(C)CC1. The summed E-state index contributed by atoms with van der Waals surface area (Å²) in [5, 5.41) is 0. The van der Waals surface area contributed by atoms with Gasteiger partial charge in [0.05, 0.1) is 0 Å². The second-order valence-corrected chi connectivity index (χ2v) is 2.80. The molecule has 1 aliphatic rings. The van der Waals surface area contributed by atoms with E-state index >= 15 is 0 Å². The fourth-order valence-corrected chi connectivity index (χ4v) is 1.06. The zero-order valence-corrected chi connectivity index (χ0v) is 5.56. The smallest absolute Gasteiger partial charge is 0.142 e. The van der Waals surface area contributed by atoms with Crippen LogP contribution in [-0.4, -0.2) is 24.4 Å². The summed E-state index contributed by atoms with van der Waals surface area (Å²) in [6.07, 6.45) is 2.67. The molecule has 1 rings (SSSR count). The predicted molar refractivity (Wildman–Crippen MR) is 35.5 cm³/mol. The molecule has 0 aromatic heterocycles. The molecule has 0 aromatic carbocycles. The van der Waals surface area contributed by atoms with E-state index in [1.165, 1.54) is 25.9 Å². The van der Waals surface area contributed by atoms with Gasteiger partial charge in [0.15, 0.2) is 0 Å². The molecule has 0 aromatic rings. The lowest BCUT2D eigenvalue weighted by atomic mass is 10.0. The molecule has 0 unspecified atom stereocenters. The number of piperidine rings is 1. The van der Waals surface area contributed by atoms with Crippen molar-refractivity contribution in [3.8, 4) is 0 Å². The minimum absolute atomic E-state index is 0.938. The summed E-state index contributed by atoms with van der Waals surface area (Å²) in [5.74, 6) is 0.938. The van der Waals surface area contributed by atoms with E-state index in [4.69, 9.17) is 0 Å². The van der Waals surface area contributed by atoms with Gasteiger partial charge in [-0.1, -0.05) is 6.92 Å². The van der Waals surface area contributed by atoms with Crippen molar-refractivity contribution in [3.63, 3.8) is 0 Å². The molecule has 0 N–H and O–H groups in total. The Morgan fingerprint density at radius 2 is 1.88 bits per heavy atom. The highest BCUT2D eigenvalue weighted by Crippen LogP contribution is 2.11. The first kappa shape index (κ1) is 5.80. The minimum atomic E-state index is 0.938. The maximum atomic E-state index is 3.87. The number of nitrogens with zero attached hydrogens (tertiary/aromatic N) is 1. The summed E-state index contributed by atoms with van der Waals surface area (Å²) in [6.45, 7) is 8.57. The van der Waals surface area contributed by atoms with E-state index < -0.39 is 0 Å². The molecular formula is C7H14N+. The number of hydrogen-bond acceptors (Lipinski definition) is 0. The Morgan fingerprint density at radius 1 is 1.38 bits per heavy atom. The zero-order valence-electron chi connectivity index (χ0n) is 5.56. The van der Waals surface area contributed by atoms with E-state index in [1.54, 1.807) is 0 Å². The lowest BCUT2D eigenvalue weighted by molar-refractivity contribution is -0.532. The average Bonchev–Trinajstić information content (AvgIpc) is 1.77. The Labute approximate surface area is 51.0 Å². The molecule has 1 aliphatic heterocycles. The fourth-order valence-electron chi connectivity index (χ4n) is 1.06. The molecule has 0 radical (unpaired) electrons. The molecule has 0 amide bonds. The standard InChI is InChI=1S/C7H14N/c1-7-3-5-8(2)6-4-7/h7H,2-6H2,1H3/q+1. The van der Waals surface area contributed by atoms with Crippen LogP contribution in [0.2, 0.25) is 0 Å². The summed E-state index contributed by atoms with van der Waals surface area (Å²) in [6, 6.07) is 0. The maximum absolute atomic E-state index is 3.87. The molecule has 1 fully saturated rings. The quantitative estimate of drug-likeness (QED) is 0.413. The summed E-state index contributed by atoms with van der Waals surface area (Å²) >= 11 is 0. The Bertz CT molecular complexity index is 86.6. The van der Waals surface area contributed by atoms with Crippen LogP contribution >= 0.6 is 0 Å². The van der Waals surface area contributed by atoms with Crippen molar-refractivity contribution in [1.29, 1.82) is 0 Å². The Balaban J connectivity index is 2.29. The molecule has 8 heavy (non-hydrogen) atoms. The van der Waals surface area contributed by atoms with Crippen LogP contribution in [-0.2, 0) is 0 Å². The van der Waals surface area contributed by atoms with Crippen LogP contribution in [0.15, 0.2) is 0 Å². The molecule has 0 saturated carbocycles. The van der Waals surface area contributed by atoms with Crippen molar-refractivity contribution < 1.29 is 4.58 Å². The molecule has 0 bridgehead atoms. The topological polar surface area (TPSA) is 3.01 Å². The molecular weight excluding hydrogens is 98.1 g/mol. The van der Waals surface area contributed by atoms with Gasteiger partial charge in [-0.05, 0) is 5.92 Å². The van der Waals surface area contributed by atoms with Gasteiger partial charge in [0.25, 0.3) is 0 Å². The molecule has 0 atom stereocenters. The fraction of sp³-hybridized carbons (Fsp3) is 0.857. The zero-order chi connectivity index (χ0) is 5.98. The van der Waals surface area contributed by atoms with Gasteiger partial charge < -0.3 is 0 Å². The minimum Gasteiger partial charge on any atom is -0.242 e. The summed E-state index contributed by atoms with van der Waals surface area (Å²) < 4.78 is 2.15. The Morgan fingerprint density at radius 3 is 2.25 bits per heavy atom. The van der Waals surface area contributed by atoms with Crippen LogP contribution in [0.3, 0.4) is 0 Å². The van der Waals surface area contributed by atoms with E-state index in [-0.39, 0.29) is 0 Å². The highest BCUT2D eigenvalue weighted by molar-refractivity contribution is 5.14. The maximum Gasteiger partial charge on any atom is 0.142 e. The van der Waals surface area contributed by atoms with Crippen molar-refractivity contribution >= 4 is 6.72 Å². The van der Waals surface area contributed by atoms with Crippen molar-refractivity contribution in [1.82, 2.24) is 0 Å². The lowest BCUT2D eigenvalue weighted by Crippen LogP contribution is -2.22. The van der Waals surface area contributed by atoms with E-state index in [0.29, 0.717) is 0 Å². The molecule has 1 heteroatoms. The van der Waals surface area contributed by atoms with Crippen molar-refractivity contribution in [2.24, 2.45) is 5.92 Å². The van der Waals surface area contributed by atoms with Crippen molar-refractivity contribution in [2.45, 2.75) is 19.8 Å². The molecule has 1 saturated heterocycles. The lowest BCUT2D eigenvalue weighted by Gasteiger charge is -2.14. The molecule has 0 aliphatic carbocycles. The van der Waals surface area contributed by atoms with Crippen LogP contribution in [0.1, 0.15) is 19.8 Å². The largest absolute Gasteiger partial charge is 0.242 e. The Hall–Kier alpha value is -0.330. The van der Waals surface area contributed by atoms with Crippen LogP contribution < -0.4 is 0 Å². The van der Waals surface area contributed by atoms with Crippen LogP contribution in [0.25, 0.3) is 0 Å². The van der Waals surface area contributed by atoms with E-state index in [9.17, 15) is 0 Å². The third-order valence-electron chi connectivity index (χ3n) is 1.88. The highest BCUT2D eigenvalue weighted by atomic mass is 15.0. The first-order chi connectivity index (χ1) is 3.79. The predicted octanol–water partition coefficient (Wildman–Crippen LogP) is 1.13. The van der Waals surface area contributed by atoms with Gasteiger partial charge in [-0.15, -0.1) is 0 Å². The van der Waals surface area contributed by atoms with Crippen molar-refractivity contribution in [2.75, 3.05) is 13.1 Å². The molecule has 0 spiro atoms.